The van der Waals surface area contributed by atoms with Crippen LogP contribution in [0.25, 0.3) is 0 Å². The van der Waals surface area contributed by atoms with E-state index in [4.69, 9.17) is 0 Å². The predicted octanol–water partition coefficient (Wildman–Crippen LogP) is 0.253. The fourth-order valence-electron chi connectivity index (χ4n) is 2.39. The molecule has 3 nitrogen and oxygen atoms in total. The maximum Gasteiger partial charge on any atom is 0.173 e. The summed E-state index contributed by atoms with van der Waals surface area (Å²) in [5.41, 5.74) is 3.61. The van der Waals surface area contributed by atoms with Crippen molar-refractivity contribution >= 4 is 5.71 Å². The number of halogens is 1. The lowest BCUT2D eigenvalue weighted by molar-refractivity contribution is -0.688. The summed E-state index contributed by atoms with van der Waals surface area (Å²) in [6.45, 7) is 0.818. The third kappa shape index (κ3) is 4.27. The van der Waals surface area contributed by atoms with E-state index in [1.54, 1.807) is 0 Å². The van der Waals surface area contributed by atoms with Gasteiger partial charge in [-0.25, -0.2) is 4.57 Å². The van der Waals surface area contributed by atoms with Crippen LogP contribution >= 0.6 is 0 Å². The SMILES string of the molecule is O/N=C(/c1ccccc1)c1cc[n+](Cc2ccccc2)cc1.[Br-]. The van der Waals surface area contributed by atoms with Crippen LogP contribution in [0.3, 0.4) is 0 Å². The highest BCUT2D eigenvalue weighted by atomic mass is 79.9. The molecule has 0 bridgehead atoms. The minimum atomic E-state index is 0. The van der Waals surface area contributed by atoms with Gasteiger partial charge < -0.3 is 22.2 Å². The normalized spacial score (nSPS) is 10.9. The second-order valence-electron chi connectivity index (χ2n) is 5.06. The lowest BCUT2D eigenvalue weighted by Gasteiger charge is -2.04. The van der Waals surface area contributed by atoms with Gasteiger partial charge in [-0.05, 0) is 0 Å². The van der Waals surface area contributed by atoms with E-state index in [2.05, 4.69) is 21.9 Å². The Kier molecular flexibility index (Phi) is 6.06. The Morgan fingerprint density at radius 3 is 1.87 bits per heavy atom. The second-order valence-corrected chi connectivity index (χ2v) is 5.06. The smallest absolute Gasteiger partial charge is 0.173 e. The van der Waals surface area contributed by atoms with Crippen LogP contribution in [0.1, 0.15) is 16.7 Å². The molecule has 1 heterocycles. The lowest BCUT2D eigenvalue weighted by Crippen LogP contribution is -3.00. The summed E-state index contributed by atoms with van der Waals surface area (Å²) in [5.74, 6) is 0. The van der Waals surface area contributed by atoms with Gasteiger partial charge in [0.2, 0.25) is 0 Å². The standard InChI is InChI=1S/C19H16N2O.BrH/c22-20-19(17-9-5-2-6-10-17)18-11-13-21(14-12-18)15-16-7-3-1-4-8-16;/h1-14H,15H2;1H. The first-order valence-corrected chi connectivity index (χ1v) is 7.18. The Bertz CT molecular complexity index is 756. The average molecular weight is 369 g/mol. The van der Waals surface area contributed by atoms with Crippen molar-refractivity contribution in [2.45, 2.75) is 6.54 Å². The van der Waals surface area contributed by atoms with Gasteiger partial charge in [0, 0.05) is 28.8 Å². The summed E-state index contributed by atoms with van der Waals surface area (Å²) >= 11 is 0. The van der Waals surface area contributed by atoms with Gasteiger partial charge in [0.25, 0.3) is 0 Å². The summed E-state index contributed by atoms with van der Waals surface area (Å²) < 4.78 is 2.10. The van der Waals surface area contributed by atoms with Gasteiger partial charge in [0.05, 0.1) is 0 Å². The van der Waals surface area contributed by atoms with Gasteiger partial charge in [-0.15, -0.1) is 0 Å². The molecule has 0 atom stereocenters. The minimum Gasteiger partial charge on any atom is -1.00 e. The number of aromatic nitrogens is 1. The summed E-state index contributed by atoms with van der Waals surface area (Å²) in [6, 6.07) is 23.9. The van der Waals surface area contributed by atoms with E-state index in [0.29, 0.717) is 5.71 Å². The van der Waals surface area contributed by atoms with Gasteiger partial charge in [-0.1, -0.05) is 65.8 Å². The Balaban J connectivity index is 0.00000192. The minimum absolute atomic E-state index is 0. The van der Waals surface area contributed by atoms with Crippen molar-refractivity contribution in [3.05, 3.63) is 102 Å². The highest BCUT2D eigenvalue weighted by Crippen LogP contribution is 2.09. The molecule has 116 valence electrons. The molecule has 0 spiro atoms. The zero-order valence-electron chi connectivity index (χ0n) is 12.5. The highest BCUT2D eigenvalue weighted by Gasteiger charge is 2.10. The molecule has 1 N–H and O–H groups in total. The molecule has 2 aromatic carbocycles. The molecule has 0 amide bonds. The van der Waals surface area contributed by atoms with Gasteiger partial charge in [-0.3, -0.25) is 0 Å². The quantitative estimate of drug-likeness (QED) is 0.305. The van der Waals surface area contributed by atoms with Crippen LogP contribution in [0, 0.1) is 0 Å². The number of nitrogens with zero attached hydrogens (tertiary/aromatic N) is 2. The third-order valence-electron chi connectivity index (χ3n) is 3.52. The molecular weight excluding hydrogens is 352 g/mol. The molecule has 0 aliphatic carbocycles. The zero-order chi connectivity index (χ0) is 15.2. The lowest BCUT2D eigenvalue weighted by atomic mass is 10.0. The molecule has 0 fully saturated rings. The van der Waals surface area contributed by atoms with Crippen LogP contribution in [0.15, 0.2) is 90.3 Å². The van der Waals surface area contributed by atoms with Crippen molar-refractivity contribution in [2.75, 3.05) is 0 Å². The Morgan fingerprint density at radius 1 is 0.783 bits per heavy atom. The molecule has 0 radical (unpaired) electrons. The number of rotatable bonds is 4. The van der Waals surface area contributed by atoms with Crippen molar-refractivity contribution in [1.82, 2.24) is 0 Å². The zero-order valence-corrected chi connectivity index (χ0v) is 14.1. The van der Waals surface area contributed by atoms with E-state index in [9.17, 15) is 5.21 Å². The summed E-state index contributed by atoms with van der Waals surface area (Å²) in [4.78, 5) is 0. The second kappa shape index (κ2) is 8.25. The van der Waals surface area contributed by atoms with Crippen LogP contribution < -0.4 is 21.5 Å². The van der Waals surface area contributed by atoms with Crippen molar-refractivity contribution < 1.29 is 26.8 Å². The molecule has 23 heavy (non-hydrogen) atoms. The molecule has 0 saturated carbocycles. The number of pyridine rings is 1. The monoisotopic (exact) mass is 368 g/mol. The number of hydrogen-bond acceptors (Lipinski definition) is 2. The van der Waals surface area contributed by atoms with Crippen LogP contribution in [0.4, 0.5) is 0 Å². The van der Waals surface area contributed by atoms with Crippen LogP contribution in [0.5, 0.6) is 0 Å². The van der Waals surface area contributed by atoms with Crippen molar-refractivity contribution in [3.63, 3.8) is 0 Å². The van der Waals surface area contributed by atoms with Crippen molar-refractivity contribution in [3.8, 4) is 0 Å². The Hall–Kier alpha value is -2.46. The van der Waals surface area contributed by atoms with Gasteiger partial charge in [-0.2, -0.15) is 0 Å². The van der Waals surface area contributed by atoms with E-state index in [-0.39, 0.29) is 17.0 Å². The number of benzene rings is 2. The molecule has 3 aromatic rings. The van der Waals surface area contributed by atoms with E-state index in [1.165, 1.54) is 5.56 Å². The molecule has 3 rings (SSSR count). The van der Waals surface area contributed by atoms with Gasteiger partial charge in [0.1, 0.15) is 5.71 Å². The largest absolute Gasteiger partial charge is 1.00 e. The molecular formula is C19H17BrN2O. The molecule has 0 aliphatic heterocycles. The first-order valence-electron chi connectivity index (χ1n) is 7.18. The summed E-state index contributed by atoms with van der Waals surface area (Å²) in [7, 11) is 0. The van der Waals surface area contributed by atoms with Crippen LogP contribution in [0.2, 0.25) is 0 Å². The average Bonchev–Trinajstić information content (AvgIpc) is 2.59. The molecule has 1 aromatic heterocycles. The van der Waals surface area contributed by atoms with Crippen molar-refractivity contribution in [1.29, 1.82) is 0 Å². The number of oxime groups is 1. The fraction of sp³-hybridized carbons (Fsp3) is 0.0526. The Morgan fingerprint density at radius 2 is 1.30 bits per heavy atom. The van der Waals surface area contributed by atoms with E-state index >= 15 is 0 Å². The van der Waals surface area contributed by atoms with Crippen LogP contribution in [-0.2, 0) is 6.54 Å². The van der Waals surface area contributed by atoms with E-state index in [0.717, 1.165) is 17.7 Å². The van der Waals surface area contributed by atoms with Crippen molar-refractivity contribution in [2.24, 2.45) is 5.16 Å². The Labute approximate surface area is 146 Å². The summed E-state index contributed by atoms with van der Waals surface area (Å²) in [6.07, 6.45) is 3.99. The number of hydrogen-bond donors (Lipinski definition) is 1. The maximum atomic E-state index is 9.32. The first kappa shape index (κ1) is 16.9. The van der Waals surface area contributed by atoms with E-state index in [1.807, 2.05) is 73.1 Å². The first-order chi connectivity index (χ1) is 10.9. The predicted molar refractivity (Wildman–Crippen MR) is 86.0 cm³/mol. The van der Waals surface area contributed by atoms with Gasteiger partial charge >= 0.3 is 0 Å². The molecule has 4 heteroatoms. The third-order valence-corrected chi connectivity index (χ3v) is 3.52. The fourth-order valence-corrected chi connectivity index (χ4v) is 2.39. The van der Waals surface area contributed by atoms with Gasteiger partial charge in [0.15, 0.2) is 18.9 Å². The topological polar surface area (TPSA) is 36.5 Å². The molecule has 0 saturated heterocycles. The maximum absolute atomic E-state index is 9.32. The highest BCUT2D eigenvalue weighted by molar-refractivity contribution is 6.12. The molecule has 0 aliphatic rings. The van der Waals surface area contributed by atoms with Crippen LogP contribution in [-0.4, -0.2) is 10.9 Å². The summed E-state index contributed by atoms with van der Waals surface area (Å²) in [5, 5.41) is 12.8. The van der Waals surface area contributed by atoms with E-state index < -0.39 is 0 Å². The molecule has 0 unspecified atom stereocenters.